The highest BCUT2D eigenvalue weighted by Gasteiger charge is 1.92. The van der Waals surface area contributed by atoms with Gasteiger partial charge in [0, 0.05) is 13.1 Å². The van der Waals surface area contributed by atoms with E-state index in [1.807, 2.05) is 18.2 Å². The monoisotopic (exact) mass is 241 g/mol. The Morgan fingerprint density at radius 2 is 1.67 bits per heavy atom. The molecular weight excluding hydrogens is 225 g/mol. The van der Waals surface area contributed by atoms with Crippen molar-refractivity contribution in [3.63, 3.8) is 0 Å². The Hall–Kier alpha value is -1.93. The molecule has 2 aromatic rings. The van der Waals surface area contributed by atoms with Gasteiger partial charge in [0.1, 0.15) is 5.82 Å². The minimum absolute atomic E-state index is 0.192. The van der Waals surface area contributed by atoms with Crippen LogP contribution in [0.25, 0.3) is 6.08 Å². The zero-order valence-corrected chi connectivity index (χ0v) is 10.1. The highest BCUT2D eigenvalue weighted by atomic mass is 19.1. The summed E-state index contributed by atoms with van der Waals surface area (Å²) >= 11 is 0. The molecular formula is C16H16FN. The second kappa shape index (κ2) is 6.72. The molecule has 0 saturated carbocycles. The molecule has 2 rings (SSSR count). The van der Waals surface area contributed by atoms with Crippen molar-refractivity contribution >= 4 is 6.08 Å². The van der Waals surface area contributed by atoms with Gasteiger partial charge in [0.15, 0.2) is 0 Å². The summed E-state index contributed by atoms with van der Waals surface area (Å²) in [5.41, 5.74) is 2.28. The van der Waals surface area contributed by atoms with E-state index in [1.165, 1.54) is 17.7 Å². The standard InChI is InChI=1S/C16H16FN/c17-16-10-8-15(9-11-16)13-18-12-4-7-14-5-2-1-3-6-14/h1-11,18H,12-13H2. The molecule has 0 aliphatic heterocycles. The van der Waals surface area contributed by atoms with Crippen molar-refractivity contribution in [3.05, 3.63) is 77.6 Å². The van der Waals surface area contributed by atoms with Crippen LogP contribution in [0.1, 0.15) is 11.1 Å². The Balaban J connectivity index is 1.73. The Morgan fingerprint density at radius 1 is 0.944 bits per heavy atom. The molecule has 0 fully saturated rings. The minimum Gasteiger partial charge on any atom is -0.309 e. The van der Waals surface area contributed by atoms with E-state index < -0.39 is 0 Å². The molecule has 0 radical (unpaired) electrons. The van der Waals surface area contributed by atoms with E-state index in [-0.39, 0.29) is 5.82 Å². The van der Waals surface area contributed by atoms with Gasteiger partial charge in [-0.15, -0.1) is 0 Å². The molecule has 1 nitrogen and oxygen atoms in total. The third-order valence-electron chi connectivity index (χ3n) is 2.61. The minimum atomic E-state index is -0.192. The number of hydrogen-bond acceptors (Lipinski definition) is 1. The number of nitrogens with one attached hydrogen (secondary N) is 1. The second-order valence-corrected chi connectivity index (χ2v) is 4.07. The molecule has 2 aromatic carbocycles. The van der Waals surface area contributed by atoms with Crippen molar-refractivity contribution in [2.24, 2.45) is 0 Å². The topological polar surface area (TPSA) is 12.0 Å². The summed E-state index contributed by atoms with van der Waals surface area (Å²) in [7, 11) is 0. The van der Waals surface area contributed by atoms with E-state index in [4.69, 9.17) is 0 Å². The van der Waals surface area contributed by atoms with Crippen LogP contribution in [-0.4, -0.2) is 6.54 Å². The van der Waals surface area contributed by atoms with Gasteiger partial charge in [0.25, 0.3) is 0 Å². The zero-order chi connectivity index (χ0) is 12.6. The first kappa shape index (κ1) is 12.5. The third-order valence-corrected chi connectivity index (χ3v) is 2.61. The number of benzene rings is 2. The van der Waals surface area contributed by atoms with Crippen molar-refractivity contribution in [1.29, 1.82) is 0 Å². The van der Waals surface area contributed by atoms with Crippen LogP contribution in [0.2, 0.25) is 0 Å². The summed E-state index contributed by atoms with van der Waals surface area (Å²) in [6.07, 6.45) is 4.16. The molecule has 92 valence electrons. The first-order valence-corrected chi connectivity index (χ1v) is 6.01. The van der Waals surface area contributed by atoms with Crippen LogP contribution < -0.4 is 5.32 Å². The first-order valence-electron chi connectivity index (χ1n) is 6.01. The fourth-order valence-electron chi connectivity index (χ4n) is 1.66. The van der Waals surface area contributed by atoms with Crippen LogP contribution in [-0.2, 0) is 6.54 Å². The molecule has 1 N–H and O–H groups in total. The van der Waals surface area contributed by atoms with Gasteiger partial charge in [-0.1, -0.05) is 54.6 Å². The molecule has 0 bridgehead atoms. The fraction of sp³-hybridized carbons (Fsp3) is 0.125. The fourth-order valence-corrected chi connectivity index (χ4v) is 1.66. The van der Waals surface area contributed by atoms with Gasteiger partial charge in [-0.2, -0.15) is 0 Å². The Bertz CT molecular complexity index is 488. The second-order valence-electron chi connectivity index (χ2n) is 4.07. The molecule has 0 saturated heterocycles. The summed E-state index contributed by atoms with van der Waals surface area (Å²) in [4.78, 5) is 0. The molecule has 0 spiro atoms. The smallest absolute Gasteiger partial charge is 0.123 e. The quantitative estimate of drug-likeness (QED) is 0.788. The van der Waals surface area contributed by atoms with E-state index in [2.05, 4.69) is 29.6 Å². The average molecular weight is 241 g/mol. The third kappa shape index (κ3) is 4.15. The van der Waals surface area contributed by atoms with E-state index in [9.17, 15) is 4.39 Å². The zero-order valence-electron chi connectivity index (χ0n) is 10.1. The molecule has 0 aliphatic rings. The predicted octanol–water partition coefficient (Wildman–Crippen LogP) is 3.63. The van der Waals surface area contributed by atoms with Gasteiger partial charge in [-0.25, -0.2) is 4.39 Å². The number of hydrogen-bond donors (Lipinski definition) is 1. The van der Waals surface area contributed by atoms with Gasteiger partial charge in [-0.3, -0.25) is 0 Å². The van der Waals surface area contributed by atoms with E-state index in [1.54, 1.807) is 12.1 Å². The first-order chi connectivity index (χ1) is 8.84. The average Bonchev–Trinajstić information content (AvgIpc) is 2.42. The normalized spacial score (nSPS) is 10.9. The summed E-state index contributed by atoms with van der Waals surface area (Å²) in [5.74, 6) is -0.192. The molecule has 0 unspecified atom stereocenters. The van der Waals surface area contributed by atoms with Gasteiger partial charge in [0.2, 0.25) is 0 Å². The number of rotatable bonds is 5. The largest absolute Gasteiger partial charge is 0.309 e. The van der Waals surface area contributed by atoms with Gasteiger partial charge in [-0.05, 0) is 23.3 Å². The van der Waals surface area contributed by atoms with Crippen LogP contribution >= 0.6 is 0 Å². The Kier molecular flexibility index (Phi) is 4.68. The summed E-state index contributed by atoms with van der Waals surface area (Å²) in [6, 6.07) is 16.7. The maximum absolute atomic E-state index is 12.7. The highest BCUT2D eigenvalue weighted by molar-refractivity contribution is 5.48. The van der Waals surface area contributed by atoms with Crippen LogP contribution in [0.3, 0.4) is 0 Å². The number of halogens is 1. The maximum atomic E-state index is 12.7. The SMILES string of the molecule is Fc1ccc(CNCC=Cc2ccccc2)cc1. The lowest BCUT2D eigenvalue weighted by Gasteiger charge is -2.01. The molecule has 0 atom stereocenters. The lowest BCUT2D eigenvalue weighted by molar-refractivity contribution is 0.626. The highest BCUT2D eigenvalue weighted by Crippen LogP contribution is 2.02. The molecule has 0 aliphatic carbocycles. The summed E-state index contributed by atoms with van der Waals surface area (Å²) in [5, 5.41) is 3.28. The van der Waals surface area contributed by atoms with Crippen molar-refractivity contribution in [2.75, 3.05) is 6.54 Å². The van der Waals surface area contributed by atoms with Gasteiger partial charge >= 0.3 is 0 Å². The molecule has 0 heterocycles. The molecule has 2 heteroatoms. The van der Waals surface area contributed by atoms with E-state index in [0.717, 1.165) is 18.7 Å². The lowest BCUT2D eigenvalue weighted by atomic mass is 10.2. The Morgan fingerprint density at radius 3 is 2.39 bits per heavy atom. The van der Waals surface area contributed by atoms with Crippen LogP contribution in [0, 0.1) is 5.82 Å². The van der Waals surface area contributed by atoms with Crippen LogP contribution in [0.15, 0.2) is 60.7 Å². The predicted molar refractivity (Wildman–Crippen MR) is 73.6 cm³/mol. The molecule has 18 heavy (non-hydrogen) atoms. The van der Waals surface area contributed by atoms with Crippen molar-refractivity contribution < 1.29 is 4.39 Å². The van der Waals surface area contributed by atoms with Crippen molar-refractivity contribution in [3.8, 4) is 0 Å². The lowest BCUT2D eigenvalue weighted by Crippen LogP contribution is -2.12. The van der Waals surface area contributed by atoms with Crippen molar-refractivity contribution in [1.82, 2.24) is 5.32 Å². The summed E-state index contributed by atoms with van der Waals surface area (Å²) in [6.45, 7) is 1.55. The Labute approximate surface area is 107 Å². The van der Waals surface area contributed by atoms with Gasteiger partial charge < -0.3 is 5.32 Å². The summed E-state index contributed by atoms with van der Waals surface area (Å²) < 4.78 is 12.7. The van der Waals surface area contributed by atoms with Crippen LogP contribution in [0.5, 0.6) is 0 Å². The van der Waals surface area contributed by atoms with Gasteiger partial charge in [0.05, 0.1) is 0 Å². The van der Waals surface area contributed by atoms with Crippen molar-refractivity contribution in [2.45, 2.75) is 6.54 Å². The van der Waals surface area contributed by atoms with E-state index >= 15 is 0 Å². The maximum Gasteiger partial charge on any atom is 0.123 e. The molecule has 0 aromatic heterocycles. The van der Waals surface area contributed by atoms with Crippen LogP contribution in [0.4, 0.5) is 4.39 Å². The molecule has 0 amide bonds. The van der Waals surface area contributed by atoms with E-state index in [0.29, 0.717) is 0 Å².